The molecule has 0 amide bonds. The Morgan fingerprint density at radius 2 is 1.66 bits per heavy atom. The number of likely N-dealkylation sites (tertiary alicyclic amines) is 1. The van der Waals surface area contributed by atoms with E-state index < -0.39 is 11.6 Å². The van der Waals surface area contributed by atoms with Crippen LogP contribution in [-0.4, -0.2) is 52.3 Å². The first-order valence-electron chi connectivity index (χ1n) is 9.61. The summed E-state index contributed by atoms with van der Waals surface area (Å²) < 4.78 is 5.30. The Morgan fingerprint density at radius 3 is 2.41 bits per heavy atom. The third-order valence-corrected chi connectivity index (χ3v) is 5.36. The van der Waals surface area contributed by atoms with Crippen molar-refractivity contribution in [2.45, 2.75) is 25.9 Å². The van der Waals surface area contributed by atoms with Gasteiger partial charge in [0.05, 0.1) is 17.7 Å². The molecule has 0 saturated carbocycles. The third-order valence-electron chi connectivity index (χ3n) is 5.36. The SMILES string of the molecule is O=C(CN1CCCCC1)OCc1cc(O)c2c(c1)C(=O)c1cccc(O)c1C2=O. The van der Waals surface area contributed by atoms with Crippen LogP contribution in [0.3, 0.4) is 0 Å². The Labute approximate surface area is 167 Å². The number of piperidine rings is 1. The van der Waals surface area contributed by atoms with E-state index in [0.29, 0.717) is 5.56 Å². The predicted octanol–water partition coefficient (Wildman–Crippen LogP) is 2.40. The standard InChI is InChI=1S/C22H21NO6/c24-16-6-4-5-14-19(16)22(28)20-15(21(14)27)9-13(10-17(20)25)12-29-18(26)11-23-7-2-1-3-8-23/h4-6,9-10,24-25H,1-3,7-8,11-12H2. The van der Waals surface area contributed by atoms with Crippen molar-refractivity contribution in [1.82, 2.24) is 4.90 Å². The van der Waals surface area contributed by atoms with Crippen LogP contribution in [0.5, 0.6) is 11.5 Å². The molecule has 0 radical (unpaired) electrons. The Bertz CT molecular complexity index is 1010. The van der Waals surface area contributed by atoms with Gasteiger partial charge in [-0.05, 0) is 49.7 Å². The molecule has 1 heterocycles. The Hall–Kier alpha value is -3.19. The van der Waals surface area contributed by atoms with Crippen LogP contribution in [0.4, 0.5) is 0 Å². The van der Waals surface area contributed by atoms with Gasteiger partial charge in [-0.2, -0.15) is 0 Å². The molecule has 2 aromatic carbocycles. The second kappa shape index (κ2) is 7.67. The van der Waals surface area contributed by atoms with Crippen LogP contribution in [0.15, 0.2) is 30.3 Å². The largest absolute Gasteiger partial charge is 0.507 e. The van der Waals surface area contributed by atoms with Gasteiger partial charge >= 0.3 is 5.97 Å². The van der Waals surface area contributed by atoms with Crippen LogP contribution in [0.2, 0.25) is 0 Å². The molecular formula is C22H21NO6. The number of benzene rings is 2. The van der Waals surface area contributed by atoms with Crippen molar-refractivity contribution in [2.75, 3.05) is 19.6 Å². The summed E-state index contributed by atoms with van der Waals surface area (Å²) in [6.07, 6.45) is 3.31. The van der Waals surface area contributed by atoms with Crippen molar-refractivity contribution in [3.63, 3.8) is 0 Å². The Morgan fingerprint density at radius 1 is 0.931 bits per heavy atom. The van der Waals surface area contributed by atoms with Crippen molar-refractivity contribution in [3.8, 4) is 11.5 Å². The maximum absolute atomic E-state index is 12.8. The van der Waals surface area contributed by atoms with E-state index in [1.54, 1.807) is 0 Å². The van der Waals surface area contributed by atoms with Gasteiger partial charge in [-0.25, -0.2) is 0 Å². The number of aromatic hydroxyl groups is 2. The smallest absolute Gasteiger partial charge is 0.320 e. The van der Waals surface area contributed by atoms with Crippen LogP contribution in [0.25, 0.3) is 0 Å². The van der Waals surface area contributed by atoms with E-state index in [1.807, 2.05) is 4.90 Å². The van der Waals surface area contributed by atoms with E-state index in [9.17, 15) is 24.6 Å². The fraction of sp³-hybridized carbons (Fsp3) is 0.318. The summed E-state index contributed by atoms with van der Waals surface area (Å²) >= 11 is 0. The van der Waals surface area contributed by atoms with Gasteiger partial charge in [0.15, 0.2) is 5.78 Å². The summed E-state index contributed by atoms with van der Waals surface area (Å²) in [5.74, 6) is -2.14. The lowest BCUT2D eigenvalue weighted by Crippen LogP contribution is -2.35. The lowest BCUT2D eigenvalue weighted by atomic mass is 9.82. The highest BCUT2D eigenvalue weighted by atomic mass is 16.5. The minimum Gasteiger partial charge on any atom is -0.507 e. The lowest BCUT2D eigenvalue weighted by Gasteiger charge is -2.25. The second-order valence-electron chi connectivity index (χ2n) is 7.39. The number of rotatable bonds is 4. The highest BCUT2D eigenvalue weighted by Gasteiger charge is 2.34. The zero-order valence-electron chi connectivity index (χ0n) is 15.8. The van der Waals surface area contributed by atoms with Crippen molar-refractivity contribution < 1.29 is 29.3 Å². The quantitative estimate of drug-likeness (QED) is 0.654. The normalized spacial score (nSPS) is 16.3. The highest BCUT2D eigenvalue weighted by Crippen LogP contribution is 2.37. The van der Waals surface area contributed by atoms with E-state index in [1.165, 1.54) is 36.8 Å². The third kappa shape index (κ3) is 3.61. The maximum Gasteiger partial charge on any atom is 0.320 e. The van der Waals surface area contributed by atoms with E-state index in [2.05, 4.69) is 0 Å². The van der Waals surface area contributed by atoms with Crippen molar-refractivity contribution in [2.24, 2.45) is 0 Å². The molecule has 0 spiro atoms. The second-order valence-corrected chi connectivity index (χ2v) is 7.39. The topological polar surface area (TPSA) is 104 Å². The molecule has 29 heavy (non-hydrogen) atoms. The number of hydrogen-bond acceptors (Lipinski definition) is 7. The first-order valence-corrected chi connectivity index (χ1v) is 9.61. The monoisotopic (exact) mass is 395 g/mol. The van der Waals surface area contributed by atoms with E-state index in [0.717, 1.165) is 25.9 Å². The molecule has 2 aromatic rings. The summed E-state index contributed by atoms with van der Waals surface area (Å²) in [4.78, 5) is 39.7. The Kier molecular flexibility index (Phi) is 5.07. The molecular weight excluding hydrogens is 374 g/mol. The number of nitrogens with zero attached hydrogens (tertiary/aromatic N) is 1. The molecule has 0 bridgehead atoms. The number of ketones is 2. The van der Waals surface area contributed by atoms with Crippen LogP contribution >= 0.6 is 0 Å². The highest BCUT2D eigenvalue weighted by molar-refractivity contribution is 6.30. The molecule has 0 aromatic heterocycles. The number of phenols is 2. The van der Waals surface area contributed by atoms with Gasteiger partial charge in [0.25, 0.3) is 0 Å². The van der Waals surface area contributed by atoms with Gasteiger partial charge in [0.2, 0.25) is 5.78 Å². The fourth-order valence-electron chi connectivity index (χ4n) is 3.93. The van der Waals surface area contributed by atoms with E-state index in [4.69, 9.17) is 4.74 Å². The molecule has 7 nitrogen and oxygen atoms in total. The number of carbonyl (C=O) groups excluding carboxylic acids is 3. The van der Waals surface area contributed by atoms with E-state index >= 15 is 0 Å². The number of fused-ring (bicyclic) bond motifs is 2. The van der Waals surface area contributed by atoms with Crippen molar-refractivity contribution in [1.29, 1.82) is 0 Å². The van der Waals surface area contributed by atoms with Gasteiger partial charge in [-0.15, -0.1) is 0 Å². The molecule has 4 rings (SSSR count). The molecule has 7 heteroatoms. The van der Waals surface area contributed by atoms with Crippen LogP contribution in [0.1, 0.15) is 56.7 Å². The molecule has 1 aliphatic heterocycles. The molecule has 2 aliphatic rings. The average molecular weight is 395 g/mol. The summed E-state index contributed by atoms with van der Waals surface area (Å²) in [6, 6.07) is 7.03. The number of hydrogen-bond donors (Lipinski definition) is 2. The molecule has 1 fully saturated rings. The Balaban J connectivity index is 1.54. The van der Waals surface area contributed by atoms with Crippen molar-refractivity contribution >= 4 is 17.5 Å². The van der Waals surface area contributed by atoms with Gasteiger partial charge in [-0.1, -0.05) is 18.6 Å². The molecule has 0 unspecified atom stereocenters. The van der Waals surface area contributed by atoms with Crippen LogP contribution in [0, 0.1) is 0 Å². The first kappa shape index (κ1) is 19.1. The zero-order chi connectivity index (χ0) is 20.5. The minimum atomic E-state index is -0.612. The summed E-state index contributed by atoms with van der Waals surface area (Å²) in [5.41, 5.74) is 0.280. The van der Waals surface area contributed by atoms with Crippen LogP contribution < -0.4 is 0 Å². The maximum atomic E-state index is 12.8. The predicted molar refractivity (Wildman–Crippen MR) is 103 cm³/mol. The molecule has 1 saturated heterocycles. The molecule has 0 atom stereocenters. The summed E-state index contributed by atoms with van der Waals surface area (Å²) in [5, 5.41) is 20.3. The average Bonchev–Trinajstić information content (AvgIpc) is 2.70. The van der Waals surface area contributed by atoms with E-state index in [-0.39, 0.29) is 52.9 Å². The molecule has 150 valence electrons. The zero-order valence-corrected chi connectivity index (χ0v) is 15.8. The number of esters is 1. The summed E-state index contributed by atoms with van der Waals surface area (Å²) in [7, 11) is 0. The molecule has 2 N–H and O–H groups in total. The van der Waals surface area contributed by atoms with Crippen molar-refractivity contribution in [3.05, 3.63) is 58.1 Å². The lowest BCUT2D eigenvalue weighted by molar-refractivity contribution is -0.146. The number of carbonyl (C=O) groups is 3. The van der Waals surface area contributed by atoms with Gasteiger partial charge in [-0.3, -0.25) is 19.3 Å². The summed E-state index contributed by atoms with van der Waals surface area (Å²) in [6.45, 7) is 1.85. The first-order chi connectivity index (χ1) is 14.0. The minimum absolute atomic E-state index is 0.0372. The fourth-order valence-corrected chi connectivity index (χ4v) is 3.93. The van der Waals surface area contributed by atoms with Crippen LogP contribution in [-0.2, 0) is 16.1 Å². The van der Waals surface area contributed by atoms with Gasteiger partial charge in [0.1, 0.15) is 18.1 Å². The molecule has 1 aliphatic carbocycles. The van der Waals surface area contributed by atoms with Gasteiger partial charge in [0, 0.05) is 11.1 Å². The van der Waals surface area contributed by atoms with Gasteiger partial charge < -0.3 is 14.9 Å². The number of ether oxygens (including phenoxy) is 1. The number of phenolic OH excluding ortho intramolecular Hbond substituents is 2.